The van der Waals surface area contributed by atoms with Crippen molar-refractivity contribution < 1.29 is 9.53 Å². The van der Waals surface area contributed by atoms with Gasteiger partial charge in [-0.15, -0.1) is 0 Å². The maximum Gasteiger partial charge on any atom is 0.265 e. The fourth-order valence-corrected chi connectivity index (χ4v) is 1.99. The van der Waals surface area contributed by atoms with E-state index in [2.05, 4.69) is 22.6 Å². The van der Waals surface area contributed by atoms with Gasteiger partial charge in [-0.2, -0.15) is 0 Å². The summed E-state index contributed by atoms with van der Waals surface area (Å²) in [7, 11) is 0. The van der Waals surface area contributed by atoms with Crippen LogP contribution in [0, 0.1) is 3.57 Å². The van der Waals surface area contributed by atoms with E-state index < -0.39 is 0 Å². The zero-order valence-corrected chi connectivity index (χ0v) is 9.95. The average Bonchev–Trinajstić information content (AvgIpc) is 2.18. The largest absolute Gasteiger partial charge is 0.482 e. The zero-order valence-electron chi connectivity index (χ0n) is 7.79. The highest BCUT2D eigenvalue weighted by atomic mass is 127. The number of benzene rings is 1. The fourth-order valence-electron chi connectivity index (χ4n) is 1.53. The van der Waals surface area contributed by atoms with Crippen LogP contribution in [0.4, 0.5) is 5.69 Å². The second kappa shape index (κ2) is 3.76. The number of halogens is 1. The lowest BCUT2D eigenvalue weighted by Gasteiger charge is -2.28. The number of carbonyl (C=O) groups is 1. The first-order valence-electron chi connectivity index (χ1n) is 4.45. The van der Waals surface area contributed by atoms with E-state index in [1.165, 1.54) is 0 Å². The molecule has 0 atom stereocenters. The highest BCUT2D eigenvalue weighted by Crippen LogP contribution is 2.32. The summed E-state index contributed by atoms with van der Waals surface area (Å²) < 4.78 is 6.47. The highest BCUT2D eigenvalue weighted by molar-refractivity contribution is 14.1. The Morgan fingerprint density at radius 2 is 2.36 bits per heavy atom. The molecule has 74 valence electrons. The molecular weight excluding hydrogens is 293 g/mol. The lowest BCUT2D eigenvalue weighted by Crippen LogP contribution is -2.38. The number of likely N-dealkylation sites (N-methyl/N-ethyl adjacent to an activating group) is 1. The quantitative estimate of drug-likeness (QED) is 0.743. The molecule has 2 rings (SSSR count). The number of hydrogen-bond acceptors (Lipinski definition) is 2. The van der Waals surface area contributed by atoms with Crippen LogP contribution in [-0.4, -0.2) is 19.1 Å². The number of fused-ring (bicyclic) bond motifs is 1. The Kier molecular flexibility index (Phi) is 2.62. The molecule has 0 aromatic heterocycles. The predicted molar refractivity (Wildman–Crippen MR) is 62.7 cm³/mol. The van der Waals surface area contributed by atoms with Crippen molar-refractivity contribution in [1.82, 2.24) is 0 Å². The van der Waals surface area contributed by atoms with Gasteiger partial charge in [0, 0.05) is 10.1 Å². The summed E-state index contributed by atoms with van der Waals surface area (Å²) in [5, 5.41) is 0. The summed E-state index contributed by atoms with van der Waals surface area (Å²) >= 11 is 2.23. The van der Waals surface area contributed by atoms with Crippen LogP contribution >= 0.6 is 22.6 Å². The van der Waals surface area contributed by atoms with Gasteiger partial charge in [0.05, 0.1) is 5.69 Å². The van der Waals surface area contributed by atoms with Crippen molar-refractivity contribution in [3.8, 4) is 5.75 Å². The Balaban J connectivity index is 2.47. The van der Waals surface area contributed by atoms with Gasteiger partial charge < -0.3 is 9.64 Å². The van der Waals surface area contributed by atoms with E-state index in [4.69, 9.17) is 4.74 Å². The van der Waals surface area contributed by atoms with Crippen molar-refractivity contribution in [2.24, 2.45) is 0 Å². The number of carbonyl (C=O) groups excluding carboxylic acids is 1. The molecule has 0 saturated carbocycles. The molecule has 0 spiro atoms. The van der Waals surface area contributed by atoms with Crippen LogP contribution in [0.5, 0.6) is 5.75 Å². The Labute approximate surface area is 96.2 Å². The smallest absolute Gasteiger partial charge is 0.265 e. The first kappa shape index (κ1) is 9.76. The second-order valence-electron chi connectivity index (χ2n) is 3.04. The van der Waals surface area contributed by atoms with E-state index in [1.807, 2.05) is 25.1 Å². The molecule has 14 heavy (non-hydrogen) atoms. The molecule has 0 radical (unpaired) electrons. The summed E-state index contributed by atoms with van der Waals surface area (Å²) in [6, 6.07) is 5.85. The molecule has 0 bridgehead atoms. The molecule has 3 nitrogen and oxygen atoms in total. The number of amides is 1. The molecule has 1 amide bonds. The topological polar surface area (TPSA) is 29.5 Å². The molecular formula is C10H10INO2. The third-order valence-corrected chi connectivity index (χ3v) is 2.85. The molecule has 0 aliphatic carbocycles. The van der Waals surface area contributed by atoms with Crippen LogP contribution in [0.25, 0.3) is 0 Å². The average molecular weight is 303 g/mol. The van der Waals surface area contributed by atoms with E-state index in [0.717, 1.165) is 15.0 Å². The minimum absolute atomic E-state index is 0.0289. The van der Waals surface area contributed by atoms with Gasteiger partial charge in [-0.25, -0.2) is 0 Å². The summed E-state index contributed by atoms with van der Waals surface area (Å²) in [5.41, 5.74) is 0.879. The van der Waals surface area contributed by atoms with Crippen LogP contribution in [0.1, 0.15) is 6.92 Å². The maximum atomic E-state index is 11.5. The van der Waals surface area contributed by atoms with Crippen LogP contribution in [0.3, 0.4) is 0 Å². The number of ether oxygens (including phenoxy) is 1. The van der Waals surface area contributed by atoms with Crippen molar-refractivity contribution in [2.75, 3.05) is 18.1 Å². The van der Waals surface area contributed by atoms with Crippen molar-refractivity contribution in [1.29, 1.82) is 0 Å². The monoisotopic (exact) mass is 303 g/mol. The molecule has 4 heteroatoms. The maximum absolute atomic E-state index is 11.5. The van der Waals surface area contributed by atoms with Crippen molar-refractivity contribution >= 4 is 34.2 Å². The van der Waals surface area contributed by atoms with Gasteiger partial charge in [0.1, 0.15) is 5.75 Å². The minimum Gasteiger partial charge on any atom is -0.482 e. The minimum atomic E-state index is 0.0289. The fraction of sp³-hybridized carbons (Fsp3) is 0.300. The molecule has 1 heterocycles. The van der Waals surface area contributed by atoms with Crippen molar-refractivity contribution in [2.45, 2.75) is 6.92 Å². The number of hydrogen-bond donors (Lipinski definition) is 0. The van der Waals surface area contributed by atoms with Crippen LogP contribution in [0.15, 0.2) is 18.2 Å². The standard InChI is InChI=1S/C10H10INO2/c1-2-12-8-4-3-7(11)5-9(8)14-6-10(12)13/h3-5H,2,6H2,1H3. The van der Waals surface area contributed by atoms with E-state index in [9.17, 15) is 4.79 Å². The van der Waals surface area contributed by atoms with Gasteiger partial charge in [-0.1, -0.05) is 0 Å². The van der Waals surface area contributed by atoms with Gasteiger partial charge in [-0.3, -0.25) is 4.79 Å². The number of rotatable bonds is 1. The summed E-state index contributed by atoms with van der Waals surface area (Å²) in [6.45, 7) is 2.81. The molecule has 1 aromatic carbocycles. The van der Waals surface area contributed by atoms with E-state index in [-0.39, 0.29) is 12.5 Å². The summed E-state index contributed by atoms with van der Waals surface area (Å²) in [5.74, 6) is 0.833. The van der Waals surface area contributed by atoms with Crippen LogP contribution < -0.4 is 9.64 Å². The molecule has 1 aliphatic heterocycles. The van der Waals surface area contributed by atoms with Gasteiger partial charge in [-0.05, 0) is 47.7 Å². The molecule has 1 aromatic rings. The van der Waals surface area contributed by atoms with Gasteiger partial charge in [0.25, 0.3) is 5.91 Å². The Hall–Kier alpha value is -0.780. The van der Waals surface area contributed by atoms with Crippen molar-refractivity contribution in [3.63, 3.8) is 0 Å². The zero-order chi connectivity index (χ0) is 10.1. The predicted octanol–water partition coefficient (Wildman–Crippen LogP) is 2.04. The highest BCUT2D eigenvalue weighted by Gasteiger charge is 2.23. The molecule has 1 aliphatic rings. The van der Waals surface area contributed by atoms with Crippen molar-refractivity contribution in [3.05, 3.63) is 21.8 Å². The Morgan fingerprint density at radius 3 is 3.07 bits per heavy atom. The third-order valence-electron chi connectivity index (χ3n) is 2.18. The van der Waals surface area contributed by atoms with E-state index in [0.29, 0.717) is 6.54 Å². The Morgan fingerprint density at radius 1 is 1.57 bits per heavy atom. The van der Waals surface area contributed by atoms with Crippen LogP contribution in [0.2, 0.25) is 0 Å². The number of nitrogens with zero attached hydrogens (tertiary/aromatic N) is 1. The molecule has 0 fully saturated rings. The van der Waals surface area contributed by atoms with E-state index >= 15 is 0 Å². The normalized spacial score (nSPS) is 15.0. The summed E-state index contributed by atoms with van der Waals surface area (Å²) in [6.07, 6.45) is 0. The molecule has 0 N–H and O–H groups in total. The lowest BCUT2D eigenvalue weighted by molar-refractivity contribution is -0.121. The van der Waals surface area contributed by atoms with E-state index in [1.54, 1.807) is 4.90 Å². The third kappa shape index (κ3) is 1.58. The van der Waals surface area contributed by atoms with Gasteiger partial charge in [0.15, 0.2) is 6.61 Å². The first-order chi connectivity index (χ1) is 6.72. The Bertz CT molecular complexity index is 378. The molecule has 0 saturated heterocycles. The van der Waals surface area contributed by atoms with Crippen LogP contribution in [-0.2, 0) is 4.79 Å². The van der Waals surface area contributed by atoms with Gasteiger partial charge >= 0.3 is 0 Å². The van der Waals surface area contributed by atoms with Gasteiger partial charge in [0.2, 0.25) is 0 Å². The molecule has 0 unspecified atom stereocenters. The SMILES string of the molecule is CCN1C(=O)COc2cc(I)ccc21. The number of anilines is 1. The first-order valence-corrected chi connectivity index (χ1v) is 5.53. The summed E-state index contributed by atoms with van der Waals surface area (Å²) in [4.78, 5) is 13.2. The lowest BCUT2D eigenvalue weighted by atomic mass is 10.2. The second-order valence-corrected chi connectivity index (χ2v) is 4.28.